The smallest absolute Gasteiger partial charge is 0.182 e. The number of hydrogen-bond acceptors (Lipinski definition) is 6. The predicted molar refractivity (Wildman–Crippen MR) is 120 cm³/mol. The van der Waals surface area contributed by atoms with Crippen LogP contribution < -0.4 is 14.4 Å². The third kappa shape index (κ3) is 4.70. The first-order valence-electron chi connectivity index (χ1n) is 9.15. The summed E-state index contributed by atoms with van der Waals surface area (Å²) in [6.07, 6.45) is 1.08. The van der Waals surface area contributed by atoms with Gasteiger partial charge in [-0.25, -0.2) is 0 Å². The molecule has 2 aromatic carbocycles. The number of benzene rings is 2. The number of nitrogens with zero attached hydrogens (tertiary/aromatic N) is 2. The van der Waals surface area contributed by atoms with Gasteiger partial charge in [0.05, 0.1) is 6.54 Å². The molecule has 0 radical (unpaired) electrons. The molecule has 7 heteroatoms. The molecular weight excluding hydrogens is 440 g/mol. The maximum Gasteiger partial charge on any atom is 0.182 e. The standard InChI is InChI=1S/C21H22N2O3S.BrH/c1-15-4-2-5-17(12-15)23(21-22-8-3-11-27-21)14-18(24)16-6-7-19-20(13-16)26-10-9-25-19;/h2,4-7,12-13H,3,8-11,14H2,1H3;1H. The van der Waals surface area contributed by atoms with E-state index in [0.717, 1.165) is 35.1 Å². The Hall–Kier alpha value is -1.99. The Morgan fingerprint density at radius 1 is 1.14 bits per heavy atom. The molecule has 0 fully saturated rings. The van der Waals surface area contributed by atoms with Crippen molar-refractivity contribution in [2.24, 2.45) is 4.99 Å². The van der Waals surface area contributed by atoms with Gasteiger partial charge in [-0.1, -0.05) is 23.9 Å². The Morgan fingerprint density at radius 3 is 2.71 bits per heavy atom. The molecule has 0 amide bonds. The SMILES string of the molecule is Br.Cc1cccc(N(CC(=O)c2ccc3c(c2)OCCO3)C2=NCCCS2)c1. The number of halogens is 1. The van der Waals surface area contributed by atoms with Crippen LogP contribution in [0.2, 0.25) is 0 Å². The number of amidine groups is 1. The highest BCUT2D eigenvalue weighted by atomic mass is 79.9. The van der Waals surface area contributed by atoms with Gasteiger partial charge in [0, 0.05) is 23.5 Å². The molecule has 0 aliphatic carbocycles. The zero-order valence-electron chi connectivity index (χ0n) is 15.7. The lowest BCUT2D eigenvalue weighted by Gasteiger charge is -2.27. The van der Waals surface area contributed by atoms with Crippen molar-refractivity contribution in [3.05, 3.63) is 53.6 Å². The second kappa shape index (κ2) is 9.47. The number of rotatable bonds is 4. The fourth-order valence-corrected chi connectivity index (χ4v) is 4.09. The Labute approximate surface area is 179 Å². The molecule has 0 spiro atoms. The van der Waals surface area contributed by atoms with Gasteiger partial charge in [0.15, 0.2) is 22.4 Å². The summed E-state index contributed by atoms with van der Waals surface area (Å²) in [5.41, 5.74) is 2.78. The highest BCUT2D eigenvalue weighted by Crippen LogP contribution is 2.31. The molecule has 0 aromatic heterocycles. The first-order valence-corrected chi connectivity index (χ1v) is 10.1. The number of aliphatic imine (C=N–C) groups is 1. The molecule has 0 saturated heterocycles. The van der Waals surface area contributed by atoms with Crippen molar-refractivity contribution >= 4 is 45.4 Å². The van der Waals surface area contributed by atoms with Crippen LogP contribution in [0.15, 0.2) is 47.5 Å². The molecular formula is C21H23BrN2O3S. The highest BCUT2D eigenvalue weighted by Gasteiger charge is 2.22. The number of ketones is 1. The Morgan fingerprint density at radius 2 is 1.96 bits per heavy atom. The van der Waals surface area contributed by atoms with E-state index < -0.39 is 0 Å². The fourth-order valence-electron chi connectivity index (χ4n) is 3.13. The summed E-state index contributed by atoms with van der Waals surface area (Å²) in [4.78, 5) is 19.7. The van der Waals surface area contributed by atoms with Gasteiger partial charge in [0.2, 0.25) is 0 Å². The maximum atomic E-state index is 13.0. The average molecular weight is 463 g/mol. The number of anilines is 1. The highest BCUT2D eigenvalue weighted by molar-refractivity contribution is 8.93. The second-order valence-corrected chi connectivity index (χ2v) is 7.64. The lowest BCUT2D eigenvalue weighted by Crippen LogP contribution is -2.35. The van der Waals surface area contributed by atoms with Crippen LogP contribution in [0.5, 0.6) is 11.5 Å². The summed E-state index contributed by atoms with van der Waals surface area (Å²) in [6, 6.07) is 13.6. The molecule has 0 atom stereocenters. The van der Waals surface area contributed by atoms with Gasteiger partial charge in [0.25, 0.3) is 0 Å². The van der Waals surface area contributed by atoms with Crippen molar-refractivity contribution in [3.63, 3.8) is 0 Å². The molecule has 5 nitrogen and oxygen atoms in total. The number of Topliss-reactive ketones (excluding diaryl/α,β-unsaturated/α-hetero) is 1. The second-order valence-electron chi connectivity index (χ2n) is 6.57. The molecule has 4 rings (SSSR count). The van der Waals surface area contributed by atoms with E-state index in [2.05, 4.69) is 24.0 Å². The molecule has 2 aromatic rings. The zero-order valence-corrected chi connectivity index (χ0v) is 18.2. The minimum atomic E-state index is 0. The molecule has 148 valence electrons. The number of ether oxygens (including phenoxy) is 2. The van der Waals surface area contributed by atoms with E-state index in [1.54, 1.807) is 23.9 Å². The minimum Gasteiger partial charge on any atom is -0.486 e. The number of carbonyl (C=O) groups is 1. The third-order valence-corrected chi connectivity index (χ3v) is 5.59. The van der Waals surface area contributed by atoms with Crippen LogP contribution in [0, 0.1) is 6.92 Å². The number of carbonyl (C=O) groups excluding carboxylic acids is 1. The summed E-state index contributed by atoms with van der Waals surface area (Å²) in [7, 11) is 0. The van der Waals surface area contributed by atoms with Crippen LogP contribution in [0.4, 0.5) is 5.69 Å². The summed E-state index contributed by atoms with van der Waals surface area (Å²) in [5, 5.41) is 0.915. The van der Waals surface area contributed by atoms with E-state index >= 15 is 0 Å². The van der Waals surface area contributed by atoms with E-state index in [4.69, 9.17) is 9.47 Å². The largest absolute Gasteiger partial charge is 0.486 e. The zero-order chi connectivity index (χ0) is 18.6. The summed E-state index contributed by atoms with van der Waals surface area (Å²) >= 11 is 1.71. The molecule has 0 saturated carbocycles. The predicted octanol–water partition coefficient (Wildman–Crippen LogP) is 4.53. The van der Waals surface area contributed by atoms with E-state index in [1.807, 2.05) is 23.1 Å². The monoisotopic (exact) mass is 462 g/mol. The van der Waals surface area contributed by atoms with Crippen LogP contribution in [-0.4, -0.2) is 43.0 Å². The summed E-state index contributed by atoms with van der Waals surface area (Å²) in [5.74, 6) is 2.39. The molecule has 2 aliphatic rings. The van der Waals surface area contributed by atoms with Crippen LogP contribution in [0.25, 0.3) is 0 Å². The van der Waals surface area contributed by atoms with Crippen molar-refractivity contribution in [3.8, 4) is 11.5 Å². The molecule has 2 heterocycles. The van der Waals surface area contributed by atoms with Gasteiger partial charge in [-0.2, -0.15) is 0 Å². The van der Waals surface area contributed by atoms with Crippen LogP contribution in [0.3, 0.4) is 0 Å². The Balaban J connectivity index is 0.00000225. The first kappa shape index (κ1) is 20.7. The van der Waals surface area contributed by atoms with Crippen molar-refractivity contribution in [1.82, 2.24) is 0 Å². The van der Waals surface area contributed by atoms with Gasteiger partial charge in [-0.05, 0) is 49.2 Å². The van der Waals surface area contributed by atoms with E-state index in [0.29, 0.717) is 30.3 Å². The van der Waals surface area contributed by atoms with Crippen LogP contribution >= 0.6 is 28.7 Å². The van der Waals surface area contributed by atoms with Gasteiger partial charge in [-0.3, -0.25) is 9.79 Å². The van der Waals surface area contributed by atoms with Crippen LogP contribution in [0.1, 0.15) is 22.3 Å². The third-order valence-electron chi connectivity index (χ3n) is 4.49. The van der Waals surface area contributed by atoms with Crippen molar-refractivity contribution in [2.45, 2.75) is 13.3 Å². The maximum absolute atomic E-state index is 13.0. The van der Waals surface area contributed by atoms with E-state index in [-0.39, 0.29) is 29.3 Å². The number of thioether (sulfide) groups is 1. The average Bonchev–Trinajstić information content (AvgIpc) is 2.72. The molecule has 2 aliphatic heterocycles. The van der Waals surface area contributed by atoms with Crippen molar-refractivity contribution < 1.29 is 14.3 Å². The van der Waals surface area contributed by atoms with Crippen molar-refractivity contribution in [1.29, 1.82) is 0 Å². The number of hydrogen-bond donors (Lipinski definition) is 0. The molecule has 0 bridgehead atoms. The normalized spacial score (nSPS) is 15.2. The number of aryl methyl sites for hydroxylation is 1. The molecule has 28 heavy (non-hydrogen) atoms. The van der Waals surface area contributed by atoms with Crippen molar-refractivity contribution in [2.75, 3.05) is 37.0 Å². The lowest BCUT2D eigenvalue weighted by atomic mass is 10.1. The lowest BCUT2D eigenvalue weighted by molar-refractivity contribution is 0.100. The molecule has 0 unspecified atom stereocenters. The number of fused-ring (bicyclic) bond motifs is 1. The first-order chi connectivity index (χ1) is 13.2. The van der Waals surface area contributed by atoms with Gasteiger partial charge >= 0.3 is 0 Å². The van der Waals surface area contributed by atoms with E-state index in [1.165, 1.54) is 0 Å². The fraction of sp³-hybridized carbons (Fsp3) is 0.333. The van der Waals surface area contributed by atoms with Gasteiger partial charge in [-0.15, -0.1) is 17.0 Å². The topological polar surface area (TPSA) is 51.1 Å². The molecule has 0 N–H and O–H groups in total. The summed E-state index contributed by atoms with van der Waals surface area (Å²) in [6.45, 7) is 4.16. The van der Waals surface area contributed by atoms with Gasteiger partial charge < -0.3 is 14.4 Å². The Bertz CT molecular complexity index is 888. The minimum absolute atomic E-state index is 0. The quantitative estimate of drug-likeness (QED) is 0.624. The van der Waals surface area contributed by atoms with E-state index in [9.17, 15) is 4.79 Å². The summed E-state index contributed by atoms with van der Waals surface area (Å²) < 4.78 is 11.2. The van der Waals surface area contributed by atoms with Gasteiger partial charge in [0.1, 0.15) is 13.2 Å². The van der Waals surface area contributed by atoms with Crippen LogP contribution in [-0.2, 0) is 0 Å². The Kier molecular flexibility index (Phi) is 7.02.